The smallest absolute Gasteiger partial charge is 0.255 e. The average Bonchev–Trinajstić information content (AvgIpc) is 2.42. The van der Waals surface area contributed by atoms with Crippen LogP contribution < -0.4 is 5.32 Å². The van der Waals surface area contributed by atoms with Gasteiger partial charge in [-0.25, -0.2) is 0 Å². The number of phenols is 2. The van der Waals surface area contributed by atoms with Crippen LogP contribution >= 0.6 is 0 Å². The van der Waals surface area contributed by atoms with Gasteiger partial charge >= 0.3 is 0 Å². The van der Waals surface area contributed by atoms with Crippen molar-refractivity contribution in [2.75, 3.05) is 5.32 Å². The lowest BCUT2D eigenvalue weighted by atomic mass is 10.1. The summed E-state index contributed by atoms with van der Waals surface area (Å²) >= 11 is 0. The molecule has 5 heteroatoms. The molecule has 0 atom stereocenters. The third kappa shape index (κ3) is 2.83. The Labute approximate surface area is 109 Å². The molecule has 0 heterocycles. The van der Waals surface area contributed by atoms with Crippen LogP contribution in [0.25, 0.3) is 0 Å². The van der Waals surface area contributed by atoms with Crippen LogP contribution in [0.5, 0.6) is 11.5 Å². The van der Waals surface area contributed by atoms with Gasteiger partial charge in [0.05, 0.1) is 6.61 Å². The highest BCUT2D eigenvalue weighted by Crippen LogP contribution is 2.25. The number of amides is 1. The van der Waals surface area contributed by atoms with Crippen molar-refractivity contribution in [2.45, 2.75) is 6.61 Å². The van der Waals surface area contributed by atoms with Crippen molar-refractivity contribution in [3.05, 3.63) is 53.6 Å². The Morgan fingerprint density at radius 2 is 1.79 bits per heavy atom. The summed E-state index contributed by atoms with van der Waals surface area (Å²) in [6.45, 7) is -0.183. The fraction of sp³-hybridized carbons (Fsp3) is 0.0714. The molecule has 0 saturated carbocycles. The van der Waals surface area contributed by atoms with Crippen molar-refractivity contribution in [2.24, 2.45) is 0 Å². The Hall–Kier alpha value is -2.53. The van der Waals surface area contributed by atoms with E-state index in [2.05, 4.69) is 5.32 Å². The minimum atomic E-state index is -0.434. The van der Waals surface area contributed by atoms with Gasteiger partial charge in [0, 0.05) is 16.8 Å². The second kappa shape index (κ2) is 5.41. The van der Waals surface area contributed by atoms with Crippen molar-refractivity contribution >= 4 is 11.6 Å². The second-order valence-electron chi connectivity index (χ2n) is 3.97. The summed E-state index contributed by atoms with van der Waals surface area (Å²) in [6, 6.07) is 10.7. The number of hydrogen-bond donors (Lipinski definition) is 4. The number of aliphatic hydroxyl groups is 1. The second-order valence-corrected chi connectivity index (χ2v) is 3.97. The Kier molecular flexibility index (Phi) is 3.68. The van der Waals surface area contributed by atoms with Gasteiger partial charge in [-0.1, -0.05) is 18.2 Å². The number of anilines is 1. The number of para-hydroxylation sites is 1. The van der Waals surface area contributed by atoms with Crippen molar-refractivity contribution in [1.29, 1.82) is 0 Å². The molecule has 1 amide bonds. The molecule has 0 saturated heterocycles. The Balaban J connectivity index is 2.23. The molecule has 0 aliphatic carbocycles. The lowest BCUT2D eigenvalue weighted by molar-refractivity contribution is 0.102. The molecule has 0 spiro atoms. The number of benzene rings is 2. The molecule has 19 heavy (non-hydrogen) atoms. The normalized spacial score (nSPS) is 10.2. The summed E-state index contributed by atoms with van der Waals surface area (Å²) in [5.41, 5.74) is 1.31. The number of aromatic hydroxyl groups is 2. The lowest BCUT2D eigenvalue weighted by Gasteiger charge is -2.09. The van der Waals surface area contributed by atoms with Crippen LogP contribution in [0, 0.1) is 0 Å². The monoisotopic (exact) mass is 259 g/mol. The van der Waals surface area contributed by atoms with Gasteiger partial charge in [0.2, 0.25) is 0 Å². The van der Waals surface area contributed by atoms with E-state index in [1.54, 1.807) is 24.3 Å². The first-order chi connectivity index (χ1) is 9.11. The van der Waals surface area contributed by atoms with Crippen molar-refractivity contribution < 1.29 is 20.1 Å². The molecule has 0 fully saturated rings. The first-order valence-electron chi connectivity index (χ1n) is 5.64. The minimum Gasteiger partial charge on any atom is -0.504 e. The van der Waals surface area contributed by atoms with Crippen LogP contribution in [0.4, 0.5) is 5.69 Å². The standard InChI is InChI=1S/C14H13NO4/c16-8-10-3-1-2-4-11(10)15-14(19)9-5-6-12(17)13(18)7-9/h1-7,16-18H,8H2,(H,15,19). The highest BCUT2D eigenvalue weighted by molar-refractivity contribution is 6.05. The number of phenolic OH excluding ortho intramolecular Hbond substituents is 2. The van der Waals surface area contributed by atoms with E-state index in [1.165, 1.54) is 18.2 Å². The maximum atomic E-state index is 12.0. The number of rotatable bonds is 3. The highest BCUT2D eigenvalue weighted by atomic mass is 16.3. The molecule has 98 valence electrons. The van der Waals surface area contributed by atoms with Crippen molar-refractivity contribution in [1.82, 2.24) is 0 Å². The first-order valence-corrected chi connectivity index (χ1v) is 5.64. The van der Waals surface area contributed by atoms with Gasteiger partial charge in [0.25, 0.3) is 5.91 Å². The van der Waals surface area contributed by atoms with Crippen LogP contribution in [-0.2, 0) is 6.61 Å². The van der Waals surface area contributed by atoms with Crippen LogP contribution in [-0.4, -0.2) is 21.2 Å². The molecular weight excluding hydrogens is 246 g/mol. The van der Waals surface area contributed by atoms with Crippen molar-refractivity contribution in [3.63, 3.8) is 0 Å². The molecule has 5 nitrogen and oxygen atoms in total. The largest absolute Gasteiger partial charge is 0.504 e. The summed E-state index contributed by atoms with van der Waals surface area (Å²) in [5.74, 6) is -1.08. The molecule has 2 aromatic carbocycles. The number of nitrogens with one attached hydrogen (secondary N) is 1. The Bertz CT molecular complexity index is 610. The topological polar surface area (TPSA) is 89.8 Å². The number of hydrogen-bond acceptors (Lipinski definition) is 4. The molecule has 0 radical (unpaired) electrons. The predicted molar refractivity (Wildman–Crippen MR) is 70.1 cm³/mol. The van der Waals surface area contributed by atoms with E-state index >= 15 is 0 Å². The van der Waals surface area contributed by atoms with Gasteiger partial charge in [-0.2, -0.15) is 0 Å². The van der Waals surface area contributed by atoms with E-state index in [0.29, 0.717) is 11.3 Å². The van der Waals surface area contributed by atoms with Gasteiger partial charge in [-0.15, -0.1) is 0 Å². The third-order valence-electron chi connectivity index (χ3n) is 2.67. The summed E-state index contributed by atoms with van der Waals surface area (Å²) in [7, 11) is 0. The SMILES string of the molecule is O=C(Nc1ccccc1CO)c1ccc(O)c(O)c1. The highest BCUT2D eigenvalue weighted by Gasteiger charge is 2.10. The fourth-order valence-electron chi connectivity index (χ4n) is 1.64. The van der Waals surface area contributed by atoms with Gasteiger partial charge in [-0.05, 0) is 24.3 Å². The first kappa shape index (κ1) is 12.9. The maximum absolute atomic E-state index is 12.0. The zero-order chi connectivity index (χ0) is 13.8. The molecule has 2 aromatic rings. The van der Waals surface area contributed by atoms with E-state index in [9.17, 15) is 15.0 Å². The molecule has 0 aliphatic heterocycles. The lowest BCUT2D eigenvalue weighted by Crippen LogP contribution is -2.13. The maximum Gasteiger partial charge on any atom is 0.255 e. The third-order valence-corrected chi connectivity index (χ3v) is 2.67. The van der Waals surface area contributed by atoms with E-state index in [-0.39, 0.29) is 23.7 Å². The Morgan fingerprint density at radius 3 is 2.47 bits per heavy atom. The fourth-order valence-corrected chi connectivity index (χ4v) is 1.64. The van der Waals surface area contributed by atoms with Gasteiger partial charge < -0.3 is 20.6 Å². The van der Waals surface area contributed by atoms with E-state index in [0.717, 1.165) is 0 Å². The van der Waals surface area contributed by atoms with Gasteiger partial charge in [0.1, 0.15) is 0 Å². The van der Waals surface area contributed by atoms with E-state index in [1.807, 2.05) is 0 Å². The number of aliphatic hydroxyl groups excluding tert-OH is 1. The van der Waals surface area contributed by atoms with Crippen LogP contribution in [0.2, 0.25) is 0 Å². The minimum absolute atomic E-state index is 0.183. The summed E-state index contributed by atoms with van der Waals surface area (Å²) in [6.07, 6.45) is 0. The molecular formula is C14H13NO4. The molecule has 0 bridgehead atoms. The van der Waals surface area contributed by atoms with Gasteiger partial charge in [0.15, 0.2) is 11.5 Å². The molecule has 4 N–H and O–H groups in total. The molecule has 0 aromatic heterocycles. The molecule has 2 rings (SSSR count). The summed E-state index contributed by atoms with van der Waals surface area (Å²) < 4.78 is 0. The average molecular weight is 259 g/mol. The Morgan fingerprint density at radius 1 is 1.05 bits per heavy atom. The zero-order valence-corrected chi connectivity index (χ0v) is 10.00. The summed E-state index contributed by atoms with van der Waals surface area (Å²) in [5, 5.41) is 30.3. The van der Waals surface area contributed by atoms with Gasteiger partial charge in [-0.3, -0.25) is 4.79 Å². The van der Waals surface area contributed by atoms with E-state index in [4.69, 9.17) is 5.11 Å². The number of carbonyl (C=O) groups excluding carboxylic acids is 1. The zero-order valence-electron chi connectivity index (χ0n) is 10.00. The van der Waals surface area contributed by atoms with Crippen molar-refractivity contribution in [3.8, 4) is 11.5 Å². The molecule has 0 aliphatic rings. The van der Waals surface area contributed by atoms with Crippen LogP contribution in [0.15, 0.2) is 42.5 Å². The predicted octanol–water partition coefficient (Wildman–Crippen LogP) is 1.84. The van der Waals surface area contributed by atoms with Crippen LogP contribution in [0.1, 0.15) is 15.9 Å². The van der Waals surface area contributed by atoms with E-state index < -0.39 is 5.91 Å². The quantitative estimate of drug-likeness (QED) is 0.633. The van der Waals surface area contributed by atoms with Crippen LogP contribution in [0.3, 0.4) is 0 Å². The number of carbonyl (C=O) groups is 1. The summed E-state index contributed by atoms with van der Waals surface area (Å²) in [4.78, 5) is 12.0. The molecule has 0 unspecified atom stereocenters.